The molecule has 1 aliphatic rings. The van der Waals surface area contributed by atoms with Crippen LogP contribution in [-0.2, 0) is 4.79 Å². The number of aromatic hydroxyl groups is 1. The number of hydrogen-bond donors (Lipinski definition) is 2. The number of benzene rings is 1. The van der Waals surface area contributed by atoms with Gasteiger partial charge in [0, 0.05) is 25.7 Å². The summed E-state index contributed by atoms with van der Waals surface area (Å²) >= 11 is 0. The molecule has 116 valence electrons. The molecule has 0 aromatic heterocycles. The number of carboxylic acid groups (broad SMARTS) is 1. The second-order valence-electron chi connectivity index (χ2n) is 5.52. The highest BCUT2D eigenvalue weighted by Crippen LogP contribution is 2.27. The highest BCUT2D eigenvalue weighted by Gasteiger charge is 2.33. The van der Waals surface area contributed by atoms with Crippen molar-refractivity contribution in [2.75, 3.05) is 26.2 Å². The maximum atomic E-state index is 11.7. The molecule has 2 unspecified atom stereocenters. The number of piperazine rings is 1. The van der Waals surface area contributed by atoms with Crippen LogP contribution in [0.1, 0.15) is 31.9 Å². The first kappa shape index (κ1) is 15.8. The molecule has 0 amide bonds. The normalized spacial score (nSPS) is 22.1. The van der Waals surface area contributed by atoms with E-state index in [1.807, 2.05) is 4.90 Å². The van der Waals surface area contributed by atoms with Gasteiger partial charge in [-0.05, 0) is 30.7 Å². The maximum Gasteiger partial charge on any atom is 0.325 e. The van der Waals surface area contributed by atoms with Crippen molar-refractivity contribution in [2.24, 2.45) is 0 Å². The van der Waals surface area contributed by atoms with E-state index in [0.29, 0.717) is 11.6 Å². The summed E-state index contributed by atoms with van der Waals surface area (Å²) in [5, 5.41) is 19.2. The van der Waals surface area contributed by atoms with E-state index in [2.05, 4.69) is 18.7 Å². The monoisotopic (exact) mass is 292 g/mol. The lowest BCUT2D eigenvalue weighted by molar-refractivity contribution is -0.145. The van der Waals surface area contributed by atoms with Crippen LogP contribution >= 0.6 is 0 Å². The van der Waals surface area contributed by atoms with Gasteiger partial charge in [0.2, 0.25) is 0 Å². The molecule has 0 spiro atoms. The predicted octanol–water partition coefficient (Wildman–Crippen LogP) is 1.93. The molecule has 0 bridgehead atoms. The number of rotatable bonds is 5. The molecule has 2 atom stereocenters. The van der Waals surface area contributed by atoms with Gasteiger partial charge < -0.3 is 10.2 Å². The number of likely N-dealkylation sites (N-methyl/N-ethyl adjacent to an activating group) is 1. The number of phenols is 1. The third kappa shape index (κ3) is 3.54. The van der Waals surface area contributed by atoms with E-state index in [1.54, 1.807) is 24.3 Å². The Kier molecular flexibility index (Phi) is 5.20. The minimum Gasteiger partial charge on any atom is -0.508 e. The summed E-state index contributed by atoms with van der Waals surface area (Å²) in [6.45, 7) is 7.64. The number of carbonyl (C=O) groups is 1. The second-order valence-corrected chi connectivity index (χ2v) is 5.52. The first-order valence-electron chi connectivity index (χ1n) is 7.56. The topological polar surface area (TPSA) is 64.0 Å². The van der Waals surface area contributed by atoms with Gasteiger partial charge in [-0.2, -0.15) is 0 Å². The molecule has 5 heteroatoms. The number of hydrogen-bond acceptors (Lipinski definition) is 4. The van der Waals surface area contributed by atoms with Crippen LogP contribution in [0.5, 0.6) is 5.75 Å². The minimum atomic E-state index is -0.861. The number of aliphatic carboxylic acids is 1. The third-order valence-electron chi connectivity index (χ3n) is 4.30. The lowest BCUT2D eigenvalue weighted by Gasteiger charge is -2.43. The summed E-state index contributed by atoms with van der Waals surface area (Å²) in [6.07, 6.45) is 1.01. The first-order valence-corrected chi connectivity index (χ1v) is 7.56. The Labute approximate surface area is 125 Å². The summed E-state index contributed by atoms with van der Waals surface area (Å²) in [7, 11) is 0. The number of carboxylic acids is 1. The van der Waals surface area contributed by atoms with Gasteiger partial charge in [-0.15, -0.1) is 0 Å². The van der Waals surface area contributed by atoms with Crippen LogP contribution in [-0.4, -0.2) is 58.2 Å². The van der Waals surface area contributed by atoms with Crippen molar-refractivity contribution in [1.82, 2.24) is 9.80 Å². The van der Waals surface area contributed by atoms with Crippen LogP contribution in [0.15, 0.2) is 24.3 Å². The Balaban J connectivity index is 2.21. The molecule has 1 aromatic carbocycles. The fourth-order valence-electron chi connectivity index (χ4n) is 3.16. The van der Waals surface area contributed by atoms with Crippen LogP contribution in [0.3, 0.4) is 0 Å². The Morgan fingerprint density at radius 1 is 1.38 bits per heavy atom. The van der Waals surface area contributed by atoms with E-state index in [1.165, 1.54) is 0 Å². The highest BCUT2D eigenvalue weighted by molar-refractivity contribution is 5.75. The van der Waals surface area contributed by atoms with Crippen LogP contribution in [0.2, 0.25) is 0 Å². The van der Waals surface area contributed by atoms with E-state index in [-0.39, 0.29) is 5.75 Å². The summed E-state index contributed by atoms with van der Waals surface area (Å²) in [4.78, 5) is 16.1. The molecule has 21 heavy (non-hydrogen) atoms. The summed E-state index contributed by atoms with van der Waals surface area (Å²) in [6, 6.07) is 6.28. The van der Waals surface area contributed by atoms with E-state index in [4.69, 9.17) is 0 Å². The zero-order chi connectivity index (χ0) is 15.4. The molecule has 5 nitrogen and oxygen atoms in total. The van der Waals surface area contributed by atoms with Gasteiger partial charge in [-0.3, -0.25) is 14.6 Å². The Hall–Kier alpha value is -1.59. The molecular formula is C16H24N2O3. The van der Waals surface area contributed by atoms with Gasteiger partial charge in [0.25, 0.3) is 0 Å². The maximum absolute atomic E-state index is 11.7. The molecule has 1 aromatic rings. The molecule has 2 rings (SSSR count). The fraction of sp³-hybridized carbons (Fsp3) is 0.562. The quantitative estimate of drug-likeness (QED) is 0.868. The standard InChI is InChI=1S/C16H24N2O3/c1-3-13-11-18(9-8-17(13)4-2)15(16(20)21)12-6-5-7-14(19)10-12/h5-7,10,13,15,19H,3-4,8-9,11H2,1-2H3,(H,20,21). The van der Waals surface area contributed by atoms with Crippen molar-refractivity contribution < 1.29 is 15.0 Å². The molecule has 1 fully saturated rings. The first-order chi connectivity index (χ1) is 10.1. The van der Waals surface area contributed by atoms with Crippen LogP contribution < -0.4 is 0 Å². The van der Waals surface area contributed by atoms with Crippen molar-refractivity contribution in [3.05, 3.63) is 29.8 Å². The molecule has 1 saturated heterocycles. The van der Waals surface area contributed by atoms with E-state index < -0.39 is 12.0 Å². The number of phenolic OH excluding ortho intramolecular Hbond substituents is 1. The van der Waals surface area contributed by atoms with E-state index in [9.17, 15) is 15.0 Å². The SMILES string of the molecule is CCC1CN(C(C(=O)O)c2cccc(O)c2)CCN1CC. The zero-order valence-electron chi connectivity index (χ0n) is 12.7. The zero-order valence-corrected chi connectivity index (χ0v) is 12.7. The summed E-state index contributed by atoms with van der Waals surface area (Å²) < 4.78 is 0. The summed E-state index contributed by atoms with van der Waals surface area (Å²) in [5.74, 6) is -0.751. The second kappa shape index (κ2) is 6.91. The van der Waals surface area contributed by atoms with Crippen LogP contribution in [0, 0.1) is 0 Å². The lowest BCUT2D eigenvalue weighted by Crippen LogP contribution is -2.54. The lowest BCUT2D eigenvalue weighted by atomic mass is 10.0. The molecule has 1 heterocycles. The smallest absolute Gasteiger partial charge is 0.325 e. The average Bonchev–Trinajstić information content (AvgIpc) is 2.47. The molecule has 1 aliphatic heterocycles. The van der Waals surface area contributed by atoms with Crippen molar-refractivity contribution in [3.63, 3.8) is 0 Å². The van der Waals surface area contributed by atoms with E-state index in [0.717, 1.165) is 32.6 Å². The van der Waals surface area contributed by atoms with Crippen molar-refractivity contribution in [1.29, 1.82) is 0 Å². The average molecular weight is 292 g/mol. The summed E-state index contributed by atoms with van der Waals surface area (Å²) in [5.41, 5.74) is 0.641. The molecule has 0 radical (unpaired) electrons. The van der Waals surface area contributed by atoms with Crippen molar-refractivity contribution in [3.8, 4) is 5.75 Å². The van der Waals surface area contributed by atoms with Crippen LogP contribution in [0.25, 0.3) is 0 Å². The fourth-order valence-corrected chi connectivity index (χ4v) is 3.16. The molecule has 0 aliphatic carbocycles. The minimum absolute atomic E-state index is 0.109. The largest absolute Gasteiger partial charge is 0.508 e. The van der Waals surface area contributed by atoms with Gasteiger partial charge in [-0.25, -0.2) is 0 Å². The molecule has 2 N–H and O–H groups in total. The van der Waals surface area contributed by atoms with Gasteiger partial charge in [-0.1, -0.05) is 26.0 Å². The highest BCUT2D eigenvalue weighted by atomic mass is 16.4. The van der Waals surface area contributed by atoms with E-state index >= 15 is 0 Å². The third-order valence-corrected chi connectivity index (χ3v) is 4.30. The molecular weight excluding hydrogens is 268 g/mol. The predicted molar refractivity (Wildman–Crippen MR) is 81.4 cm³/mol. The van der Waals surface area contributed by atoms with Gasteiger partial charge >= 0.3 is 5.97 Å². The van der Waals surface area contributed by atoms with Crippen molar-refractivity contribution >= 4 is 5.97 Å². The Bertz CT molecular complexity index is 492. The Morgan fingerprint density at radius 3 is 2.71 bits per heavy atom. The van der Waals surface area contributed by atoms with Gasteiger partial charge in [0.1, 0.15) is 11.8 Å². The Morgan fingerprint density at radius 2 is 2.14 bits per heavy atom. The van der Waals surface area contributed by atoms with Crippen molar-refractivity contribution in [2.45, 2.75) is 32.4 Å². The van der Waals surface area contributed by atoms with Gasteiger partial charge in [0.05, 0.1) is 0 Å². The van der Waals surface area contributed by atoms with Crippen LogP contribution in [0.4, 0.5) is 0 Å². The van der Waals surface area contributed by atoms with Gasteiger partial charge in [0.15, 0.2) is 0 Å². The molecule has 0 saturated carbocycles. The number of nitrogens with zero attached hydrogens (tertiary/aromatic N) is 2.